The smallest absolute Gasteiger partial charge is 0.142 e. The second-order valence-electron chi connectivity index (χ2n) is 18.8. The molecule has 3 aliphatic rings. The highest BCUT2D eigenvalue weighted by Gasteiger charge is 2.51. The van der Waals surface area contributed by atoms with Crippen LogP contribution in [0.5, 0.6) is 11.5 Å². The van der Waals surface area contributed by atoms with E-state index >= 15 is 0 Å². The van der Waals surface area contributed by atoms with Gasteiger partial charge in [-0.15, -0.1) is 0 Å². The van der Waals surface area contributed by atoms with Crippen molar-refractivity contribution in [2.24, 2.45) is 0 Å². The molecule has 0 fully saturated rings. The molecular formula is C64H44N2O. The van der Waals surface area contributed by atoms with Crippen molar-refractivity contribution in [1.82, 2.24) is 4.57 Å². The summed E-state index contributed by atoms with van der Waals surface area (Å²) in [6.45, 7) is 4.71. The van der Waals surface area contributed by atoms with Crippen LogP contribution < -0.4 is 9.64 Å². The summed E-state index contributed by atoms with van der Waals surface area (Å²) in [5, 5.41) is 2.28. The first-order valence-electron chi connectivity index (χ1n) is 23.3. The van der Waals surface area contributed by atoms with Crippen molar-refractivity contribution in [2.45, 2.75) is 24.7 Å². The fourth-order valence-corrected chi connectivity index (χ4v) is 12.1. The average molecular weight is 857 g/mol. The summed E-state index contributed by atoms with van der Waals surface area (Å²) in [4.78, 5) is 2.40. The van der Waals surface area contributed by atoms with Gasteiger partial charge in [0, 0.05) is 44.7 Å². The minimum atomic E-state index is -0.533. The summed E-state index contributed by atoms with van der Waals surface area (Å²) in [6.07, 6.45) is 0. The number of anilines is 3. The summed E-state index contributed by atoms with van der Waals surface area (Å²) in [7, 11) is 0. The maximum Gasteiger partial charge on any atom is 0.142 e. The van der Waals surface area contributed by atoms with Gasteiger partial charge >= 0.3 is 0 Å². The average Bonchev–Trinajstić information content (AvgIpc) is 3.96. The van der Waals surface area contributed by atoms with Gasteiger partial charge in [-0.05, 0) is 122 Å². The van der Waals surface area contributed by atoms with Gasteiger partial charge in [-0.25, -0.2) is 0 Å². The van der Waals surface area contributed by atoms with Gasteiger partial charge in [0.2, 0.25) is 0 Å². The number of para-hydroxylation sites is 2. The molecule has 1 spiro atoms. The van der Waals surface area contributed by atoms with E-state index in [2.05, 4.69) is 254 Å². The summed E-state index contributed by atoms with van der Waals surface area (Å²) in [5.41, 5.74) is 21.2. The molecule has 316 valence electrons. The SMILES string of the molecule is CC1(C)c2ccccc2-c2ccc(N(c3ccc(-c4ccccc4)cc3)c3ccc(-n4c5ccccc5c5c6c(ccc54)C4(c5ccccc5O6)c5ccccc5-c5ccccc54)cc3)cc21. The highest BCUT2D eigenvalue weighted by Crippen LogP contribution is 2.63. The van der Waals surface area contributed by atoms with Crippen LogP contribution in [0.4, 0.5) is 17.1 Å². The second-order valence-corrected chi connectivity index (χ2v) is 18.8. The highest BCUT2D eigenvalue weighted by molar-refractivity contribution is 6.14. The van der Waals surface area contributed by atoms with Gasteiger partial charge in [-0.1, -0.05) is 178 Å². The molecule has 2 heterocycles. The van der Waals surface area contributed by atoms with E-state index in [-0.39, 0.29) is 5.41 Å². The van der Waals surface area contributed by atoms with Gasteiger partial charge in [0.15, 0.2) is 0 Å². The first-order chi connectivity index (χ1) is 33.0. The van der Waals surface area contributed by atoms with E-state index in [9.17, 15) is 0 Å². The molecule has 0 saturated carbocycles. The van der Waals surface area contributed by atoms with Crippen molar-refractivity contribution in [1.29, 1.82) is 0 Å². The molecule has 1 aliphatic heterocycles. The van der Waals surface area contributed by atoms with Crippen LogP contribution >= 0.6 is 0 Å². The highest BCUT2D eigenvalue weighted by atomic mass is 16.5. The zero-order valence-electron chi connectivity index (χ0n) is 37.2. The summed E-state index contributed by atoms with van der Waals surface area (Å²) in [5.74, 6) is 1.81. The standard InChI is InChI=1S/C64H44N2O/c1-63(2)52-22-10-6-18-47(52)50-37-36-46(40-57(50)63)65(43-30-28-42(29-31-43)41-16-4-3-5-17-41)44-32-34-45(35-33-44)66-58-26-14-9-21-51(58)61-59(66)39-38-56-62(61)67-60-27-15-13-25-55(60)64(56)53-23-11-7-19-48(53)49-20-8-12-24-54(49)64/h3-40H,1-2H3. The van der Waals surface area contributed by atoms with Gasteiger partial charge in [0.05, 0.1) is 21.8 Å². The minimum absolute atomic E-state index is 0.125. The molecule has 67 heavy (non-hydrogen) atoms. The molecule has 3 nitrogen and oxygen atoms in total. The fraction of sp³-hybridized carbons (Fsp3) is 0.0625. The molecule has 10 aromatic carbocycles. The topological polar surface area (TPSA) is 17.4 Å². The molecule has 11 aromatic rings. The predicted molar refractivity (Wildman–Crippen MR) is 276 cm³/mol. The van der Waals surface area contributed by atoms with E-state index < -0.39 is 5.41 Å². The van der Waals surface area contributed by atoms with Crippen LogP contribution in [0.15, 0.2) is 231 Å². The van der Waals surface area contributed by atoms with Crippen molar-refractivity contribution in [3.63, 3.8) is 0 Å². The van der Waals surface area contributed by atoms with Crippen LogP contribution in [-0.2, 0) is 10.8 Å². The van der Waals surface area contributed by atoms with E-state index in [0.717, 1.165) is 56.1 Å². The van der Waals surface area contributed by atoms with Gasteiger partial charge in [0.25, 0.3) is 0 Å². The molecule has 0 saturated heterocycles. The molecule has 0 unspecified atom stereocenters. The molecule has 0 N–H and O–H groups in total. The Morgan fingerprint density at radius 1 is 0.388 bits per heavy atom. The zero-order valence-corrected chi connectivity index (χ0v) is 37.2. The van der Waals surface area contributed by atoms with Gasteiger partial charge in [-0.3, -0.25) is 0 Å². The zero-order chi connectivity index (χ0) is 44.4. The quantitative estimate of drug-likeness (QED) is 0.172. The molecule has 0 atom stereocenters. The summed E-state index contributed by atoms with van der Waals surface area (Å²) in [6, 6.07) is 84.6. The lowest BCUT2D eigenvalue weighted by atomic mass is 9.66. The monoisotopic (exact) mass is 856 g/mol. The van der Waals surface area contributed by atoms with E-state index in [0.29, 0.717) is 0 Å². The molecule has 2 aliphatic carbocycles. The Labute approximate surface area is 390 Å². The van der Waals surface area contributed by atoms with Crippen molar-refractivity contribution < 1.29 is 4.74 Å². The van der Waals surface area contributed by atoms with Crippen LogP contribution in [0.1, 0.15) is 47.2 Å². The van der Waals surface area contributed by atoms with Crippen molar-refractivity contribution >= 4 is 38.9 Å². The van der Waals surface area contributed by atoms with E-state index in [4.69, 9.17) is 4.74 Å². The molecule has 0 radical (unpaired) electrons. The third-order valence-electron chi connectivity index (χ3n) is 15.1. The Morgan fingerprint density at radius 2 is 0.925 bits per heavy atom. The van der Waals surface area contributed by atoms with E-state index in [1.165, 1.54) is 66.8 Å². The van der Waals surface area contributed by atoms with Crippen LogP contribution in [0.2, 0.25) is 0 Å². The molecule has 3 heteroatoms. The van der Waals surface area contributed by atoms with Gasteiger partial charge < -0.3 is 14.2 Å². The number of hydrogen-bond donors (Lipinski definition) is 0. The Bertz CT molecular complexity index is 3760. The van der Waals surface area contributed by atoms with Gasteiger partial charge in [0.1, 0.15) is 11.5 Å². The maximum absolute atomic E-state index is 7.20. The number of nitrogens with zero attached hydrogens (tertiary/aromatic N) is 2. The van der Waals surface area contributed by atoms with Crippen LogP contribution in [0, 0.1) is 0 Å². The van der Waals surface area contributed by atoms with E-state index in [1.54, 1.807) is 0 Å². The third-order valence-corrected chi connectivity index (χ3v) is 15.1. The van der Waals surface area contributed by atoms with Crippen molar-refractivity contribution in [2.75, 3.05) is 4.90 Å². The van der Waals surface area contributed by atoms with E-state index in [1.807, 2.05) is 0 Å². The second kappa shape index (κ2) is 14.1. The Hall–Kier alpha value is -8.40. The number of hydrogen-bond acceptors (Lipinski definition) is 2. The van der Waals surface area contributed by atoms with Gasteiger partial charge in [-0.2, -0.15) is 0 Å². The summed E-state index contributed by atoms with van der Waals surface area (Å²) >= 11 is 0. The van der Waals surface area contributed by atoms with Crippen LogP contribution in [0.25, 0.3) is 60.9 Å². The number of ether oxygens (including phenoxy) is 1. The number of fused-ring (bicyclic) bond motifs is 16. The lowest BCUT2D eigenvalue weighted by molar-refractivity contribution is 0.442. The minimum Gasteiger partial charge on any atom is -0.456 e. The van der Waals surface area contributed by atoms with Crippen LogP contribution in [-0.4, -0.2) is 4.57 Å². The lowest BCUT2D eigenvalue weighted by Gasteiger charge is -2.39. The molecule has 1 aromatic heterocycles. The Kier molecular flexibility index (Phi) is 7.95. The van der Waals surface area contributed by atoms with Crippen molar-refractivity contribution in [3.05, 3.63) is 264 Å². The maximum atomic E-state index is 7.20. The van der Waals surface area contributed by atoms with Crippen LogP contribution in [0.3, 0.4) is 0 Å². The normalized spacial score (nSPS) is 14.2. The number of rotatable bonds is 5. The first kappa shape index (κ1) is 37.9. The molecule has 14 rings (SSSR count). The lowest BCUT2D eigenvalue weighted by Crippen LogP contribution is -2.32. The summed E-state index contributed by atoms with van der Waals surface area (Å²) < 4.78 is 9.61. The fourth-order valence-electron chi connectivity index (χ4n) is 12.1. The predicted octanol–water partition coefficient (Wildman–Crippen LogP) is 16.7. The largest absolute Gasteiger partial charge is 0.456 e. The number of aromatic nitrogens is 1. The molecule has 0 bridgehead atoms. The third kappa shape index (κ3) is 5.23. The number of benzene rings is 10. The first-order valence-corrected chi connectivity index (χ1v) is 23.3. The Balaban J connectivity index is 0.939. The Morgan fingerprint density at radius 3 is 1.64 bits per heavy atom. The molecular weight excluding hydrogens is 813 g/mol. The molecule has 0 amide bonds. The van der Waals surface area contributed by atoms with Crippen molar-refractivity contribution in [3.8, 4) is 50.6 Å².